The number of carbonyl (C=O) groups excluding carboxylic acids is 1. The number of carbonyl (C=O) groups is 2. The summed E-state index contributed by atoms with van der Waals surface area (Å²) in [7, 11) is 0. The number of fused-ring (bicyclic) bond motifs is 3. The van der Waals surface area contributed by atoms with Crippen molar-refractivity contribution < 1.29 is 28.2 Å². The van der Waals surface area contributed by atoms with Crippen LogP contribution in [0.3, 0.4) is 0 Å². The minimum absolute atomic E-state index is 0.0464. The SMILES string of the molecule is O=C(NC(CCc1cc(F)ccc1F)C(=O)O)OCC1c2ccccc2-c2ccccc21. The van der Waals surface area contributed by atoms with Gasteiger partial charge in [-0.05, 0) is 58.9 Å². The molecule has 5 nitrogen and oxygen atoms in total. The molecule has 0 saturated carbocycles. The summed E-state index contributed by atoms with van der Waals surface area (Å²) in [4.78, 5) is 23.9. The smallest absolute Gasteiger partial charge is 0.407 e. The first-order valence-corrected chi connectivity index (χ1v) is 10.2. The normalized spacial score (nSPS) is 13.2. The molecule has 7 heteroatoms. The van der Waals surface area contributed by atoms with Gasteiger partial charge in [-0.15, -0.1) is 0 Å². The third-order valence-corrected chi connectivity index (χ3v) is 5.64. The topological polar surface area (TPSA) is 75.6 Å². The summed E-state index contributed by atoms with van der Waals surface area (Å²) in [5.74, 6) is -2.68. The van der Waals surface area contributed by atoms with Crippen LogP contribution in [0.15, 0.2) is 66.7 Å². The third-order valence-electron chi connectivity index (χ3n) is 5.64. The summed E-state index contributed by atoms with van der Waals surface area (Å²) in [6.45, 7) is 0.0464. The molecule has 3 aromatic carbocycles. The van der Waals surface area contributed by atoms with Crippen LogP contribution in [0, 0.1) is 11.6 Å². The lowest BCUT2D eigenvalue weighted by Gasteiger charge is -2.17. The number of carboxylic acid groups (broad SMARTS) is 1. The Morgan fingerprint density at radius 2 is 1.59 bits per heavy atom. The number of halogens is 2. The fourth-order valence-electron chi connectivity index (χ4n) is 4.07. The van der Waals surface area contributed by atoms with Crippen LogP contribution in [-0.4, -0.2) is 29.8 Å². The minimum Gasteiger partial charge on any atom is -0.480 e. The average molecular weight is 437 g/mol. The van der Waals surface area contributed by atoms with Gasteiger partial charge in [-0.1, -0.05) is 48.5 Å². The zero-order valence-corrected chi connectivity index (χ0v) is 17.1. The molecule has 164 valence electrons. The van der Waals surface area contributed by atoms with Crippen molar-refractivity contribution in [2.75, 3.05) is 6.61 Å². The van der Waals surface area contributed by atoms with E-state index in [0.717, 1.165) is 40.5 Å². The molecular formula is C25H21F2NO4. The van der Waals surface area contributed by atoms with E-state index in [1.807, 2.05) is 48.5 Å². The maximum absolute atomic E-state index is 13.8. The van der Waals surface area contributed by atoms with E-state index in [-0.39, 0.29) is 30.9 Å². The zero-order valence-electron chi connectivity index (χ0n) is 17.1. The molecule has 1 atom stereocenters. The van der Waals surface area contributed by atoms with Gasteiger partial charge in [-0.3, -0.25) is 0 Å². The van der Waals surface area contributed by atoms with Gasteiger partial charge in [-0.2, -0.15) is 0 Å². The molecule has 0 aromatic heterocycles. The Balaban J connectivity index is 1.39. The first-order valence-electron chi connectivity index (χ1n) is 10.2. The Kier molecular flexibility index (Phi) is 6.16. The summed E-state index contributed by atoms with van der Waals surface area (Å²) in [5.41, 5.74) is 4.29. The molecule has 0 spiro atoms. The molecule has 3 aromatic rings. The van der Waals surface area contributed by atoms with Gasteiger partial charge in [0.1, 0.15) is 24.3 Å². The lowest BCUT2D eigenvalue weighted by atomic mass is 9.98. The molecule has 4 rings (SSSR count). The Bertz CT molecular complexity index is 1120. The monoisotopic (exact) mass is 437 g/mol. The molecule has 0 saturated heterocycles. The summed E-state index contributed by atoms with van der Waals surface area (Å²) in [6.07, 6.45) is -1.04. The molecule has 0 fully saturated rings. The number of hydrogen-bond acceptors (Lipinski definition) is 3. The number of rotatable bonds is 7. The molecular weight excluding hydrogens is 416 g/mol. The second-order valence-electron chi connectivity index (χ2n) is 7.64. The summed E-state index contributed by atoms with van der Waals surface area (Å²) >= 11 is 0. The van der Waals surface area contributed by atoms with Crippen molar-refractivity contribution in [2.45, 2.75) is 24.8 Å². The Labute approximate surface area is 183 Å². The van der Waals surface area contributed by atoms with E-state index in [4.69, 9.17) is 4.74 Å². The number of amides is 1. The summed E-state index contributed by atoms with van der Waals surface area (Å²) < 4.78 is 32.5. The maximum Gasteiger partial charge on any atom is 0.407 e. The quantitative estimate of drug-likeness (QED) is 0.552. The van der Waals surface area contributed by atoms with Crippen molar-refractivity contribution in [2.24, 2.45) is 0 Å². The van der Waals surface area contributed by atoms with Gasteiger partial charge in [0.2, 0.25) is 0 Å². The molecule has 0 heterocycles. The number of benzene rings is 3. The van der Waals surface area contributed by atoms with E-state index in [9.17, 15) is 23.5 Å². The zero-order chi connectivity index (χ0) is 22.7. The largest absolute Gasteiger partial charge is 0.480 e. The fourth-order valence-corrected chi connectivity index (χ4v) is 4.07. The number of aryl methyl sites for hydroxylation is 1. The molecule has 2 N–H and O–H groups in total. The highest BCUT2D eigenvalue weighted by molar-refractivity contribution is 5.81. The van der Waals surface area contributed by atoms with Gasteiger partial charge in [-0.25, -0.2) is 18.4 Å². The molecule has 1 unspecified atom stereocenters. The highest BCUT2D eigenvalue weighted by Crippen LogP contribution is 2.44. The van der Waals surface area contributed by atoms with Crippen molar-refractivity contribution in [1.29, 1.82) is 0 Å². The van der Waals surface area contributed by atoms with E-state index in [1.165, 1.54) is 0 Å². The summed E-state index contributed by atoms with van der Waals surface area (Å²) in [6, 6.07) is 17.4. The minimum atomic E-state index is -1.30. The first kappa shape index (κ1) is 21.5. The molecule has 0 bridgehead atoms. The maximum atomic E-state index is 13.8. The fraction of sp³-hybridized carbons (Fsp3) is 0.200. The van der Waals surface area contributed by atoms with Crippen molar-refractivity contribution in [3.63, 3.8) is 0 Å². The van der Waals surface area contributed by atoms with Crippen LogP contribution < -0.4 is 5.32 Å². The van der Waals surface area contributed by atoms with Gasteiger partial charge in [0.05, 0.1) is 0 Å². The second kappa shape index (κ2) is 9.18. The van der Waals surface area contributed by atoms with Crippen LogP contribution in [0.5, 0.6) is 0 Å². The van der Waals surface area contributed by atoms with E-state index in [0.29, 0.717) is 0 Å². The molecule has 1 aliphatic rings. The number of carboxylic acids is 1. The lowest BCUT2D eigenvalue weighted by Crippen LogP contribution is -2.41. The standard InChI is InChI=1S/C25H21F2NO4/c26-16-10-11-22(27)15(13-16)9-12-23(24(29)30)28-25(31)32-14-21-19-7-3-1-5-17(19)18-6-2-4-8-20(18)21/h1-8,10-11,13,21,23H,9,12,14H2,(H,28,31)(H,29,30). The van der Waals surface area contributed by atoms with Crippen LogP contribution >= 0.6 is 0 Å². The average Bonchev–Trinajstić information content (AvgIpc) is 3.11. The molecule has 1 aliphatic carbocycles. The number of aliphatic carboxylic acids is 1. The molecule has 32 heavy (non-hydrogen) atoms. The highest BCUT2D eigenvalue weighted by Gasteiger charge is 2.29. The van der Waals surface area contributed by atoms with Gasteiger partial charge >= 0.3 is 12.1 Å². The molecule has 1 amide bonds. The van der Waals surface area contributed by atoms with Crippen LogP contribution in [-0.2, 0) is 16.0 Å². The Hall–Kier alpha value is -3.74. The van der Waals surface area contributed by atoms with E-state index in [2.05, 4.69) is 5.32 Å². The first-order chi connectivity index (χ1) is 15.4. The predicted octanol–water partition coefficient (Wildman–Crippen LogP) is 4.89. The lowest BCUT2D eigenvalue weighted by molar-refractivity contribution is -0.139. The van der Waals surface area contributed by atoms with Crippen LogP contribution in [0.4, 0.5) is 13.6 Å². The van der Waals surface area contributed by atoms with Gasteiger partial charge in [0, 0.05) is 5.92 Å². The van der Waals surface area contributed by atoms with Crippen LogP contribution in [0.2, 0.25) is 0 Å². The van der Waals surface area contributed by atoms with Crippen molar-refractivity contribution in [3.8, 4) is 11.1 Å². The predicted molar refractivity (Wildman–Crippen MR) is 114 cm³/mol. The second-order valence-corrected chi connectivity index (χ2v) is 7.64. The van der Waals surface area contributed by atoms with Crippen LogP contribution in [0.1, 0.15) is 29.0 Å². The summed E-state index contributed by atoms with van der Waals surface area (Å²) in [5, 5.41) is 11.7. The van der Waals surface area contributed by atoms with Crippen LogP contribution in [0.25, 0.3) is 11.1 Å². The third kappa shape index (κ3) is 4.46. The number of nitrogens with one attached hydrogen (secondary N) is 1. The number of ether oxygens (including phenoxy) is 1. The van der Waals surface area contributed by atoms with Gasteiger partial charge < -0.3 is 15.2 Å². The highest BCUT2D eigenvalue weighted by atomic mass is 19.1. The number of alkyl carbamates (subject to hydrolysis) is 1. The van der Waals surface area contributed by atoms with Gasteiger partial charge in [0.15, 0.2) is 0 Å². The molecule has 0 aliphatic heterocycles. The number of hydrogen-bond donors (Lipinski definition) is 2. The molecule has 0 radical (unpaired) electrons. The van der Waals surface area contributed by atoms with Crippen molar-refractivity contribution in [1.82, 2.24) is 5.32 Å². The van der Waals surface area contributed by atoms with Crippen molar-refractivity contribution >= 4 is 12.1 Å². The van der Waals surface area contributed by atoms with E-state index in [1.54, 1.807) is 0 Å². The Morgan fingerprint density at radius 1 is 0.969 bits per heavy atom. The Morgan fingerprint density at radius 3 is 2.22 bits per heavy atom. The van der Waals surface area contributed by atoms with Crippen molar-refractivity contribution in [3.05, 3.63) is 95.1 Å². The van der Waals surface area contributed by atoms with E-state index < -0.39 is 29.7 Å². The van der Waals surface area contributed by atoms with Gasteiger partial charge in [0.25, 0.3) is 0 Å². The van der Waals surface area contributed by atoms with E-state index >= 15 is 0 Å².